The minimum Gasteiger partial charge on any atom is -0.448 e. The van der Waals surface area contributed by atoms with Gasteiger partial charge in [-0.25, -0.2) is 4.79 Å². The van der Waals surface area contributed by atoms with Crippen molar-refractivity contribution >= 4 is 16.9 Å². The Balaban J connectivity index is 2.61. The zero-order chi connectivity index (χ0) is 11.5. The second-order valence-corrected chi connectivity index (χ2v) is 3.15. The Morgan fingerprint density at radius 3 is 2.94 bits per heavy atom. The van der Waals surface area contributed by atoms with Crippen LogP contribution in [0.25, 0.3) is 10.8 Å². The van der Waals surface area contributed by atoms with Gasteiger partial charge in [0.1, 0.15) is 0 Å². The standard InChI is InChI=1S/C11H10N2O3/c1-2-16-11(15)13-10(14)9-6-4-3-5-8(9)7-12-13/h3-7H,2H2,1H3. The maximum Gasteiger partial charge on any atom is 0.438 e. The molecule has 0 unspecified atom stereocenters. The molecule has 0 radical (unpaired) electrons. The van der Waals surface area contributed by atoms with Gasteiger partial charge < -0.3 is 4.74 Å². The second kappa shape index (κ2) is 4.14. The number of rotatable bonds is 1. The van der Waals surface area contributed by atoms with Crippen LogP contribution in [-0.4, -0.2) is 22.5 Å². The fraction of sp³-hybridized carbons (Fsp3) is 0.182. The van der Waals surface area contributed by atoms with Crippen molar-refractivity contribution < 1.29 is 9.53 Å². The predicted octanol–water partition coefficient (Wildman–Crippen LogP) is 1.40. The molecule has 0 atom stereocenters. The van der Waals surface area contributed by atoms with Crippen LogP contribution >= 0.6 is 0 Å². The van der Waals surface area contributed by atoms with Crippen molar-refractivity contribution in [1.82, 2.24) is 9.78 Å². The molecule has 0 fully saturated rings. The van der Waals surface area contributed by atoms with Gasteiger partial charge in [-0.3, -0.25) is 4.79 Å². The molecular weight excluding hydrogens is 208 g/mol. The largest absolute Gasteiger partial charge is 0.448 e. The summed E-state index contributed by atoms with van der Waals surface area (Å²) in [5, 5.41) is 4.91. The third kappa shape index (κ3) is 1.67. The molecule has 0 spiro atoms. The van der Waals surface area contributed by atoms with Crippen molar-refractivity contribution in [2.24, 2.45) is 0 Å². The van der Waals surface area contributed by atoms with E-state index in [-0.39, 0.29) is 6.61 Å². The summed E-state index contributed by atoms with van der Waals surface area (Å²) >= 11 is 0. The van der Waals surface area contributed by atoms with Crippen LogP contribution in [0, 0.1) is 0 Å². The summed E-state index contributed by atoms with van der Waals surface area (Å²) in [5.74, 6) is 0. The smallest absolute Gasteiger partial charge is 0.438 e. The number of carbonyl (C=O) groups excluding carboxylic acids is 1. The zero-order valence-electron chi connectivity index (χ0n) is 8.71. The number of hydrogen-bond donors (Lipinski definition) is 0. The highest BCUT2D eigenvalue weighted by Crippen LogP contribution is 2.06. The molecule has 2 rings (SSSR count). The first-order valence-electron chi connectivity index (χ1n) is 4.88. The number of benzene rings is 1. The van der Waals surface area contributed by atoms with E-state index in [0.29, 0.717) is 10.8 Å². The first-order valence-corrected chi connectivity index (χ1v) is 4.88. The molecule has 0 N–H and O–H groups in total. The number of aromatic nitrogens is 2. The van der Waals surface area contributed by atoms with Gasteiger partial charge >= 0.3 is 6.09 Å². The Labute approximate surface area is 91.3 Å². The second-order valence-electron chi connectivity index (χ2n) is 3.15. The van der Waals surface area contributed by atoms with Gasteiger partial charge in [0, 0.05) is 5.39 Å². The quantitative estimate of drug-likeness (QED) is 0.725. The molecule has 1 aromatic carbocycles. The van der Waals surface area contributed by atoms with Crippen molar-refractivity contribution in [2.45, 2.75) is 6.92 Å². The fourth-order valence-electron chi connectivity index (χ4n) is 1.41. The number of carbonyl (C=O) groups is 1. The highest BCUT2D eigenvalue weighted by atomic mass is 16.6. The molecule has 0 aliphatic carbocycles. The van der Waals surface area contributed by atoms with E-state index < -0.39 is 11.7 Å². The lowest BCUT2D eigenvalue weighted by atomic mass is 10.2. The molecule has 0 aliphatic heterocycles. The molecule has 5 heteroatoms. The maximum atomic E-state index is 11.8. The Bertz CT molecular complexity index is 589. The third-order valence-electron chi connectivity index (χ3n) is 2.14. The Kier molecular flexibility index (Phi) is 2.68. The Morgan fingerprint density at radius 1 is 1.44 bits per heavy atom. The van der Waals surface area contributed by atoms with E-state index in [0.717, 1.165) is 4.68 Å². The van der Waals surface area contributed by atoms with Gasteiger partial charge in [0.15, 0.2) is 0 Å². The van der Waals surface area contributed by atoms with Crippen LogP contribution < -0.4 is 5.56 Å². The minimum absolute atomic E-state index is 0.208. The van der Waals surface area contributed by atoms with E-state index in [1.807, 2.05) is 0 Å². The molecule has 16 heavy (non-hydrogen) atoms. The van der Waals surface area contributed by atoms with Crippen molar-refractivity contribution in [3.63, 3.8) is 0 Å². The van der Waals surface area contributed by atoms with Gasteiger partial charge in [0.2, 0.25) is 0 Å². The summed E-state index contributed by atoms with van der Waals surface area (Å²) < 4.78 is 5.45. The third-order valence-corrected chi connectivity index (χ3v) is 2.14. The molecule has 0 aliphatic rings. The van der Waals surface area contributed by atoms with Gasteiger partial charge in [-0.1, -0.05) is 18.2 Å². The number of nitrogens with zero attached hydrogens (tertiary/aromatic N) is 2. The molecular formula is C11H10N2O3. The number of hydrogen-bond acceptors (Lipinski definition) is 4. The number of fused-ring (bicyclic) bond motifs is 1. The van der Waals surface area contributed by atoms with E-state index in [4.69, 9.17) is 4.74 Å². The predicted molar refractivity (Wildman–Crippen MR) is 58.4 cm³/mol. The lowest BCUT2D eigenvalue weighted by Crippen LogP contribution is -2.30. The van der Waals surface area contributed by atoms with E-state index >= 15 is 0 Å². The van der Waals surface area contributed by atoms with Crippen molar-refractivity contribution in [3.8, 4) is 0 Å². The Morgan fingerprint density at radius 2 is 2.19 bits per heavy atom. The summed E-state index contributed by atoms with van der Waals surface area (Å²) in [7, 11) is 0. The molecule has 0 saturated carbocycles. The van der Waals surface area contributed by atoms with Crippen LogP contribution in [0.3, 0.4) is 0 Å². The lowest BCUT2D eigenvalue weighted by molar-refractivity contribution is 0.149. The lowest BCUT2D eigenvalue weighted by Gasteiger charge is -2.03. The highest BCUT2D eigenvalue weighted by molar-refractivity contribution is 5.82. The molecule has 5 nitrogen and oxygen atoms in total. The normalized spacial score (nSPS) is 10.3. The van der Waals surface area contributed by atoms with Crippen LogP contribution in [0.15, 0.2) is 35.3 Å². The summed E-state index contributed by atoms with van der Waals surface area (Å²) in [6, 6.07) is 6.95. The van der Waals surface area contributed by atoms with Gasteiger partial charge in [0.25, 0.3) is 5.56 Å². The monoisotopic (exact) mass is 218 g/mol. The van der Waals surface area contributed by atoms with E-state index in [9.17, 15) is 9.59 Å². The van der Waals surface area contributed by atoms with Crippen molar-refractivity contribution in [1.29, 1.82) is 0 Å². The topological polar surface area (TPSA) is 61.2 Å². The van der Waals surface area contributed by atoms with Gasteiger partial charge in [-0.15, -0.1) is 4.68 Å². The van der Waals surface area contributed by atoms with E-state index in [1.165, 1.54) is 6.20 Å². The first-order chi connectivity index (χ1) is 7.74. The molecule has 0 bridgehead atoms. The summed E-state index contributed by atoms with van der Waals surface area (Å²) in [4.78, 5) is 23.2. The van der Waals surface area contributed by atoms with Crippen LogP contribution in [-0.2, 0) is 4.74 Å². The van der Waals surface area contributed by atoms with Crippen molar-refractivity contribution in [3.05, 3.63) is 40.8 Å². The minimum atomic E-state index is -0.752. The molecule has 1 heterocycles. The number of ether oxygens (including phenoxy) is 1. The molecule has 2 aromatic rings. The van der Waals surface area contributed by atoms with Crippen LogP contribution in [0.4, 0.5) is 4.79 Å². The van der Waals surface area contributed by atoms with Gasteiger partial charge in [0.05, 0.1) is 18.2 Å². The molecule has 0 amide bonds. The van der Waals surface area contributed by atoms with Crippen LogP contribution in [0.5, 0.6) is 0 Å². The van der Waals surface area contributed by atoms with Crippen LogP contribution in [0.1, 0.15) is 6.92 Å². The van der Waals surface area contributed by atoms with Gasteiger partial charge in [-0.05, 0) is 13.0 Å². The maximum absolute atomic E-state index is 11.8. The zero-order valence-corrected chi connectivity index (χ0v) is 8.71. The average Bonchev–Trinajstić information content (AvgIpc) is 2.30. The SMILES string of the molecule is CCOC(=O)n1ncc2ccccc2c1=O. The van der Waals surface area contributed by atoms with E-state index in [2.05, 4.69) is 5.10 Å². The average molecular weight is 218 g/mol. The molecule has 1 aromatic heterocycles. The van der Waals surface area contributed by atoms with Crippen LogP contribution in [0.2, 0.25) is 0 Å². The van der Waals surface area contributed by atoms with Gasteiger partial charge in [-0.2, -0.15) is 5.10 Å². The summed E-state index contributed by atoms with van der Waals surface area (Å²) in [6.45, 7) is 1.88. The highest BCUT2D eigenvalue weighted by Gasteiger charge is 2.11. The molecule has 82 valence electrons. The van der Waals surface area contributed by atoms with Crippen molar-refractivity contribution in [2.75, 3.05) is 6.61 Å². The van der Waals surface area contributed by atoms with E-state index in [1.54, 1.807) is 31.2 Å². The Hall–Kier alpha value is -2.17. The summed E-state index contributed by atoms with van der Waals surface area (Å²) in [5.41, 5.74) is -0.462. The fourth-order valence-corrected chi connectivity index (χ4v) is 1.41. The summed E-state index contributed by atoms with van der Waals surface area (Å²) in [6.07, 6.45) is 0.714. The first kappa shape index (κ1) is 10.4. The molecule has 0 saturated heterocycles.